The maximum atomic E-state index is 6.58. The molecule has 0 amide bonds. The molecule has 0 saturated carbocycles. The molecular formula is C54H35NO. The van der Waals surface area contributed by atoms with Gasteiger partial charge in [0, 0.05) is 33.9 Å². The molecule has 0 bridgehead atoms. The Labute approximate surface area is 325 Å². The van der Waals surface area contributed by atoms with Crippen LogP contribution in [-0.2, 0) is 0 Å². The lowest BCUT2D eigenvalue weighted by Gasteiger charge is -2.26. The molecule has 10 aromatic carbocycles. The summed E-state index contributed by atoms with van der Waals surface area (Å²) in [6.07, 6.45) is 0. The highest BCUT2D eigenvalue weighted by molar-refractivity contribution is 6.14. The Hall–Kier alpha value is -7.42. The number of nitrogens with zero attached hydrogens (tertiary/aromatic N) is 1. The Kier molecular flexibility index (Phi) is 7.53. The molecule has 0 atom stereocenters. The summed E-state index contributed by atoms with van der Waals surface area (Å²) in [6, 6.07) is 76.5. The van der Waals surface area contributed by atoms with Crippen molar-refractivity contribution in [2.75, 3.05) is 4.90 Å². The van der Waals surface area contributed by atoms with Crippen LogP contribution in [0.15, 0.2) is 217 Å². The molecule has 56 heavy (non-hydrogen) atoms. The van der Waals surface area contributed by atoms with Gasteiger partial charge in [-0.25, -0.2) is 0 Å². The van der Waals surface area contributed by atoms with Crippen molar-refractivity contribution in [2.24, 2.45) is 0 Å². The second kappa shape index (κ2) is 13.2. The van der Waals surface area contributed by atoms with Gasteiger partial charge in [0.15, 0.2) is 0 Å². The third-order valence-electron chi connectivity index (χ3n) is 11.2. The Balaban J connectivity index is 1.04. The number of benzene rings is 10. The molecular weight excluding hydrogens is 679 g/mol. The molecule has 0 aliphatic rings. The zero-order valence-electron chi connectivity index (χ0n) is 30.6. The summed E-state index contributed by atoms with van der Waals surface area (Å²) in [5.74, 6) is 0. The number of anilines is 3. The minimum absolute atomic E-state index is 0.866. The molecule has 0 aliphatic carbocycles. The second-order valence-electron chi connectivity index (χ2n) is 14.5. The molecule has 2 heteroatoms. The van der Waals surface area contributed by atoms with Crippen molar-refractivity contribution in [3.63, 3.8) is 0 Å². The number of hydrogen-bond acceptors (Lipinski definition) is 2. The van der Waals surface area contributed by atoms with Gasteiger partial charge in [0.05, 0.1) is 0 Å². The van der Waals surface area contributed by atoms with E-state index in [1.54, 1.807) is 0 Å². The zero-order valence-corrected chi connectivity index (χ0v) is 30.6. The SMILES string of the molecule is c1ccc(-c2ccc(N(c3cccc(-c4cccc(-c5cc6ccccc6c6ccccc56)c4)c3)c3ccc4c(c3)oc3cc5ccccc5cc34)cc2)cc1. The van der Waals surface area contributed by atoms with Crippen molar-refractivity contribution in [3.05, 3.63) is 212 Å². The predicted molar refractivity (Wildman–Crippen MR) is 237 cm³/mol. The molecule has 11 aromatic rings. The van der Waals surface area contributed by atoms with Crippen LogP contribution >= 0.6 is 0 Å². The highest BCUT2D eigenvalue weighted by Crippen LogP contribution is 2.42. The highest BCUT2D eigenvalue weighted by Gasteiger charge is 2.18. The van der Waals surface area contributed by atoms with Gasteiger partial charge in [0.1, 0.15) is 11.2 Å². The van der Waals surface area contributed by atoms with Gasteiger partial charge >= 0.3 is 0 Å². The minimum atomic E-state index is 0.866. The smallest absolute Gasteiger partial charge is 0.137 e. The van der Waals surface area contributed by atoms with Gasteiger partial charge in [0.25, 0.3) is 0 Å². The largest absolute Gasteiger partial charge is 0.456 e. The van der Waals surface area contributed by atoms with Gasteiger partial charge in [-0.3, -0.25) is 0 Å². The molecule has 0 unspecified atom stereocenters. The van der Waals surface area contributed by atoms with E-state index in [4.69, 9.17) is 4.42 Å². The first-order valence-corrected chi connectivity index (χ1v) is 19.2. The maximum absolute atomic E-state index is 6.58. The van der Waals surface area contributed by atoms with Gasteiger partial charge in [-0.2, -0.15) is 0 Å². The molecule has 1 heterocycles. The third-order valence-corrected chi connectivity index (χ3v) is 11.2. The van der Waals surface area contributed by atoms with Crippen LogP contribution in [0, 0.1) is 0 Å². The lowest BCUT2D eigenvalue weighted by molar-refractivity contribution is 0.669. The molecule has 0 N–H and O–H groups in total. The Bertz CT molecular complexity index is 3250. The van der Waals surface area contributed by atoms with Gasteiger partial charge in [-0.1, -0.05) is 146 Å². The lowest BCUT2D eigenvalue weighted by Crippen LogP contribution is -2.10. The Morgan fingerprint density at radius 2 is 0.839 bits per heavy atom. The molecule has 0 spiro atoms. The lowest BCUT2D eigenvalue weighted by atomic mass is 9.92. The van der Waals surface area contributed by atoms with E-state index in [0.717, 1.165) is 44.6 Å². The summed E-state index contributed by atoms with van der Waals surface area (Å²) < 4.78 is 6.58. The van der Waals surface area contributed by atoms with Crippen molar-refractivity contribution in [2.45, 2.75) is 0 Å². The first-order chi connectivity index (χ1) is 27.7. The fourth-order valence-electron chi connectivity index (χ4n) is 8.45. The molecule has 0 aliphatic heterocycles. The zero-order chi connectivity index (χ0) is 37.0. The number of furan rings is 1. The first-order valence-electron chi connectivity index (χ1n) is 19.2. The van der Waals surface area contributed by atoms with Crippen LogP contribution in [0.5, 0.6) is 0 Å². The summed E-state index contributed by atoms with van der Waals surface area (Å²) in [7, 11) is 0. The minimum Gasteiger partial charge on any atom is -0.456 e. The fourth-order valence-corrected chi connectivity index (χ4v) is 8.45. The van der Waals surface area contributed by atoms with Crippen LogP contribution in [0.1, 0.15) is 0 Å². The molecule has 2 nitrogen and oxygen atoms in total. The molecule has 11 rings (SSSR count). The summed E-state index contributed by atoms with van der Waals surface area (Å²) in [5, 5.41) is 9.69. The van der Waals surface area contributed by atoms with Gasteiger partial charge in [-0.15, -0.1) is 0 Å². The molecule has 1 aromatic heterocycles. The average Bonchev–Trinajstić information content (AvgIpc) is 3.62. The van der Waals surface area contributed by atoms with E-state index in [1.165, 1.54) is 60.1 Å². The van der Waals surface area contributed by atoms with Crippen LogP contribution < -0.4 is 4.90 Å². The van der Waals surface area contributed by atoms with Gasteiger partial charge in [0.2, 0.25) is 0 Å². The monoisotopic (exact) mass is 713 g/mol. The molecule has 262 valence electrons. The number of hydrogen-bond donors (Lipinski definition) is 0. The van der Waals surface area contributed by atoms with Crippen LogP contribution in [0.4, 0.5) is 17.1 Å². The highest BCUT2D eigenvalue weighted by atomic mass is 16.3. The van der Waals surface area contributed by atoms with E-state index >= 15 is 0 Å². The summed E-state index contributed by atoms with van der Waals surface area (Å²) in [6.45, 7) is 0. The van der Waals surface area contributed by atoms with E-state index < -0.39 is 0 Å². The quantitative estimate of drug-likeness (QED) is 0.160. The van der Waals surface area contributed by atoms with Crippen molar-refractivity contribution in [1.82, 2.24) is 0 Å². The van der Waals surface area contributed by atoms with Crippen molar-refractivity contribution < 1.29 is 4.42 Å². The van der Waals surface area contributed by atoms with E-state index in [9.17, 15) is 0 Å². The second-order valence-corrected chi connectivity index (χ2v) is 14.5. The topological polar surface area (TPSA) is 16.4 Å². The predicted octanol–water partition coefficient (Wildman–Crippen LogP) is 15.5. The van der Waals surface area contributed by atoms with Crippen LogP contribution in [-0.4, -0.2) is 0 Å². The van der Waals surface area contributed by atoms with Crippen LogP contribution in [0.2, 0.25) is 0 Å². The molecule has 0 radical (unpaired) electrons. The molecule has 0 saturated heterocycles. The van der Waals surface area contributed by atoms with Crippen LogP contribution in [0.25, 0.3) is 87.6 Å². The van der Waals surface area contributed by atoms with Gasteiger partial charge < -0.3 is 9.32 Å². The first kappa shape index (κ1) is 32.0. The standard InChI is InChI=1S/C54H35NO/c1-2-12-36(13-3-1)37-24-26-44(27-25-37)55(46-28-29-50-52-32-40-14-4-5-15-41(40)34-53(52)56-54(50)35-46)45-20-11-18-39(31-45)38-17-10-19-42(30-38)51-33-43-16-6-7-21-47(43)48-22-8-9-23-49(48)51/h1-35H. The van der Waals surface area contributed by atoms with E-state index in [1.807, 2.05) is 0 Å². The number of fused-ring (bicyclic) bond motifs is 7. The summed E-state index contributed by atoms with van der Waals surface area (Å²) in [5.41, 5.74) is 12.1. The Morgan fingerprint density at radius 3 is 1.66 bits per heavy atom. The number of rotatable bonds is 6. The maximum Gasteiger partial charge on any atom is 0.137 e. The van der Waals surface area contributed by atoms with Crippen molar-refractivity contribution in [1.29, 1.82) is 0 Å². The normalized spacial score (nSPS) is 11.6. The van der Waals surface area contributed by atoms with E-state index in [2.05, 4.69) is 217 Å². The molecule has 0 fully saturated rings. The van der Waals surface area contributed by atoms with E-state index in [0.29, 0.717) is 0 Å². The van der Waals surface area contributed by atoms with E-state index in [-0.39, 0.29) is 0 Å². The third kappa shape index (κ3) is 5.51. The average molecular weight is 714 g/mol. The van der Waals surface area contributed by atoms with Crippen molar-refractivity contribution in [3.8, 4) is 33.4 Å². The fraction of sp³-hybridized carbons (Fsp3) is 0. The summed E-state index contributed by atoms with van der Waals surface area (Å²) >= 11 is 0. The van der Waals surface area contributed by atoms with Crippen LogP contribution in [0.3, 0.4) is 0 Å². The Morgan fingerprint density at radius 1 is 0.268 bits per heavy atom. The van der Waals surface area contributed by atoms with Crippen molar-refractivity contribution >= 4 is 71.3 Å². The summed E-state index contributed by atoms with van der Waals surface area (Å²) in [4.78, 5) is 2.34. The van der Waals surface area contributed by atoms with Gasteiger partial charge in [-0.05, 0) is 126 Å².